The van der Waals surface area contributed by atoms with Crippen molar-refractivity contribution in [1.82, 2.24) is 19.8 Å². The summed E-state index contributed by atoms with van der Waals surface area (Å²) < 4.78 is 1.70. The fraction of sp³-hybridized carbons (Fsp3) is 0.667. The van der Waals surface area contributed by atoms with E-state index < -0.39 is 0 Å². The van der Waals surface area contributed by atoms with E-state index in [-0.39, 0.29) is 12.5 Å². The van der Waals surface area contributed by atoms with Gasteiger partial charge < -0.3 is 19.9 Å². The predicted octanol–water partition coefficient (Wildman–Crippen LogP) is -0.393. The third-order valence-electron chi connectivity index (χ3n) is 3.30. The zero-order valence-electron chi connectivity index (χ0n) is 10.7. The topological polar surface area (TPSA) is 70.4 Å². The van der Waals surface area contributed by atoms with Gasteiger partial charge in [-0.2, -0.15) is 0 Å². The molecule has 18 heavy (non-hydrogen) atoms. The monoisotopic (exact) mass is 252 g/mol. The van der Waals surface area contributed by atoms with Crippen molar-refractivity contribution in [2.75, 3.05) is 26.2 Å². The zero-order chi connectivity index (χ0) is 13.0. The molecule has 100 valence electrons. The molecule has 0 saturated carbocycles. The van der Waals surface area contributed by atoms with Crippen LogP contribution in [0.3, 0.4) is 0 Å². The van der Waals surface area contributed by atoms with Gasteiger partial charge in [0.2, 0.25) is 0 Å². The van der Waals surface area contributed by atoms with Crippen LogP contribution < -0.4 is 5.32 Å². The lowest BCUT2D eigenvalue weighted by Crippen LogP contribution is -2.43. The van der Waals surface area contributed by atoms with E-state index in [0.29, 0.717) is 24.8 Å². The summed E-state index contributed by atoms with van der Waals surface area (Å²) in [7, 11) is 1.80. The van der Waals surface area contributed by atoms with Crippen LogP contribution in [0.15, 0.2) is 12.5 Å². The fourth-order valence-electron chi connectivity index (χ4n) is 2.30. The largest absolute Gasteiger partial charge is 0.395 e. The minimum absolute atomic E-state index is 0.0175. The van der Waals surface area contributed by atoms with E-state index in [1.807, 2.05) is 0 Å². The van der Waals surface area contributed by atoms with Gasteiger partial charge in [0.25, 0.3) is 5.91 Å². The fourth-order valence-corrected chi connectivity index (χ4v) is 2.30. The molecule has 0 aliphatic carbocycles. The van der Waals surface area contributed by atoms with Crippen LogP contribution in [0.4, 0.5) is 0 Å². The summed E-state index contributed by atoms with van der Waals surface area (Å²) in [5.41, 5.74) is 0.557. The van der Waals surface area contributed by atoms with Gasteiger partial charge >= 0.3 is 0 Å². The molecule has 1 unspecified atom stereocenters. The van der Waals surface area contributed by atoms with Gasteiger partial charge in [-0.15, -0.1) is 0 Å². The Morgan fingerprint density at radius 3 is 3.11 bits per heavy atom. The van der Waals surface area contributed by atoms with E-state index in [1.165, 1.54) is 0 Å². The normalized spacial score (nSPS) is 19.1. The number of aryl methyl sites for hydroxylation is 1. The molecule has 1 atom stereocenters. The molecular formula is C12H20N4O2. The third kappa shape index (κ3) is 2.88. The van der Waals surface area contributed by atoms with Crippen molar-refractivity contribution in [3.05, 3.63) is 18.2 Å². The molecule has 2 N–H and O–H groups in total. The van der Waals surface area contributed by atoms with Crippen molar-refractivity contribution in [3.8, 4) is 0 Å². The highest BCUT2D eigenvalue weighted by atomic mass is 16.3. The number of aromatic nitrogens is 2. The molecule has 0 radical (unpaired) electrons. The maximum Gasteiger partial charge on any atom is 0.272 e. The van der Waals surface area contributed by atoms with Gasteiger partial charge in [0, 0.05) is 26.2 Å². The SMILES string of the molecule is Cn1cncc1C(=O)N(CCO)CC1CCCN1. The molecule has 0 spiro atoms. The lowest BCUT2D eigenvalue weighted by molar-refractivity contribution is 0.0697. The van der Waals surface area contributed by atoms with E-state index in [1.54, 1.807) is 29.0 Å². The Balaban J connectivity index is 2.04. The van der Waals surface area contributed by atoms with E-state index in [2.05, 4.69) is 10.3 Å². The molecule has 0 aromatic carbocycles. The molecule has 1 fully saturated rings. The van der Waals surface area contributed by atoms with Crippen LogP contribution in [0.5, 0.6) is 0 Å². The van der Waals surface area contributed by atoms with Crippen LogP contribution >= 0.6 is 0 Å². The lowest BCUT2D eigenvalue weighted by Gasteiger charge is -2.25. The lowest BCUT2D eigenvalue weighted by atomic mass is 10.2. The smallest absolute Gasteiger partial charge is 0.272 e. The average molecular weight is 252 g/mol. The maximum absolute atomic E-state index is 12.3. The molecule has 1 amide bonds. The van der Waals surface area contributed by atoms with Crippen LogP contribution in [-0.2, 0) is 7.05 Å². The standard InChI is InChI=1S/C12H20N4O2/c1-15-9-13-7-11(15)12(18)16(5-6-17)8-10-3-2-4-14-10/h7,9-10,14,17H,2-6,8H2,1H3. The number of aliphatic hydroxyl groups excluding tert-OH is 1. The average Bonchev–Trinajstić information content (AvgIpc) is 2.99. The molecule has 1 aromatic rings. The predicted molar refractivity (Wildman–Crippen MR) is 67.2 cm³/mol. The number of rotatable bonds is 5. The van der Waals surface area contributed by atoms with Gasteiger partial charge in [-0.3, -0.25) is 4.79 Å². The van der Waals surface area contributed by atoms with Crippen LogP contribution in [-0.4, -0.2) is 57.7 Å². The third-order valence-corrected chi connectivity index (χ3v) is 3.30. The summed E-state index contributed by atoms with van der Waals surface area (Å²) in [6, 6.07) is 0.341. The van der Waals surface area contributed by atoms with Gasteiger partial charge in [0.1, 0.15) is 5.69 Å². The molecular weight excluding hydrogens is 232 g/mol. The Morgan fingerprint density at radius 2 is 2.56 bits per heavy atom. The van der Waals surface area contributed by atoms with Crippen LogP contribution in [0.2, 0.25) is 0 Å². The van der Waals surface area contributed by atoms with Gasteiger partial charge in [-0.25, -0.2) is 4.98 Å². The second-order valence-electron chi connectivity index (χ2n) is 4.66. The minimum atomic E-state index is -0.0715. The number of aliphatic hydroxyl groups is 1. The number of hydrogen-bond donors (Lipinski definition) is 2. The van der Waals surface area contributed by atoms with E-state index in [4.69, 9.17) is 5.11 Å². The maximum atomic E-state index is 12.3. The summed E-state index contributed by atoms with van der Waals surface area (Å²) in [4.78, 5) is 18.0. The number of carbonyl (C=O) groups excluding carboxylic acids is 1. The van der Waals surface area contributed by atoms with Crippen molar-refractivity contribution in [1.29, 1.82) is 0 Å². The Bertz CT molecular complexity index is 399. The first-order chi connectivity index (χ1) is 8.72. The Morgan fingerprint density at radius 1 is 1.72 bits per heavy atom. The molecule has 1 aliphatic rings. The highest BCUT2D eigenvalue weighted by Crippen LogP contribution is 2.10. The number of imidazole rings is 1. The molecule has 2 rings (SSSR count). The molecule has 1 saturated heterocycles. The summed E-state index contributed by atoms with van der Waals surface area (Å²) >= 11 is 0. The second kappa shape index (κ2) is 5.97. The first-order valence-electron chi connectivity index (χ1n) is 6.32. The molecule has 6 nitrogen and oxygen atoms in total. The van der Waals surface area contributed by atoms with E-state index >= 15 is 0 Å². The molecule has 1 aromatic heterocycles. The molecule has 6 heteroatoms. The number of nitrogens with zero attached hydrogens (tertiary/aromatic N) is 3. The van der Waals surface area contributed by atoms with Crippen LogP contribution in [0.1, 0.15) is 23.3 Å². The molecule has 2 heterocycles. The van der Waals surface area contributed by atoms with Crippen molar-refractivity contribution in [2.45, 2.75) is 18.9 Å². The van der Waals surface area contributed by atoms with E-state index in [0.717, 1.165) is 19.4 Å². The molecule has 1 aliphatic heterocycles. The number of nitrogens with one attached hydrogen (secondary N) is 1. The van der Waals surface area contributed by atoms with Crippen molar-refractivity contribution >= 4 is 5.91 Å². The minimum Gasteiger partial charge on any atom is -0.395 e. The first-order valence-corrected chi connectivity index (χ1v) is 6.32. The number of amides is 1. The van der Waals surface area contributed by atoms with Crippen molar-refractivity contribution < 1.29 is 9.90 Å². The summed E-state index contributed by atoms with van der Waals surface area (Å²) in [6.45, 7) is 2.00. The van der Waals surface area contributed by atoms with Gasteiger partial charge in [-0.1, -0.05) is 0 Å². The van der Waals surface area contributed by atoms with Gasteiger partial charge in [-0.05, 0) is 19.4 Å². The number of hydrogen-bond acceptors (Lipinski definition) is 4. The number of carbonyl (C=O) groups is 1. The van der Waals surface area contributed by atoms with E-state index in [9.17, 15) is 4.79 Å². The van der Waals surface area contributed by atoms with Gasteiger partial charge in [0.05, 0.1) is 19.1 Å². The zero-order valence-corrected chi connectivity index (χ0v) is 10.7. The van der Waals surface area contributed by atoms with Gasteiger partial charge in [0.15, 0.2) is 0 Å². The highest BCUT2D eigenvalue weighted by molar-refractivity contribution is 5.92. The second-order valence-corrected chi connectivity index (χ2v) is 4.66. The quantitative estimate of drug-likeness (QED) is 0.748. The summed E-state index contributed by atoms with van der Waals surface area (Å²) in [5, 5.41) is 12.5. The Kier molecular flexibility index (Phi) is 4.33. The van der Waals surface area contributed by atoms with Crippen molar-refractivity contribution in [3.63, 3.8) is 0 Å². The summed E-state index contributed by atoms with van der Waals surface area (Å²) in [6.07, 6.45) is 5.41. The molecule has 0 bridgehead atoms. The summed E-state index contributed by atoms with van der Waals surface area (Å²) in [5.74, 6) is -0.0715. The van der Waals surface area contributed by atoms with Crippen molar-refractivity contribution in [2.24, 2.45) is 7.05 Å². The van der Waals surface area contributed by atoms with Crippen LogP contribution in [0.25, 0.3) is 0 Å². The Labute approximate surface area is 107 Å². The first kappa shape index (κ1) is 13.0. The Hall–Kier alpha value is -1.40. The van der Waals surface area contributed by atoms with Crippen LogP contribution in [0, 0.1) is 0 Å². The highest BCUT2D eigenvalue weighted by Gasteiger charge is 2.23.